The molecule has 2 aromatic carbocycles. The second-order valence-electron chi connectivity index (χ2n) is 6.05. The lowest BCUT2D eigenvalue weighted by molar-refractivity contribution is 0.473. The number of H-pyrrole nitrogens is 2. The van der Waals surface area contributed by atoms with Gasteiger partial charge in [0, 0.05) is 13.1 Å². The zero-order valence-corrected chi connectivity index (χ0v) is 13.7. The number of hydrogen-bond donors (Lipinski definition) is 2. The second kappa shape index (κ2) is 5.61. The molecule has 1 aliphatic rings. The van der Waals surface area contributed by atoms with Crippen LogP contribution in [0.4, 0.5) is 0 Å². The average molecular weight is 343 g/mol. The standard InChI is InChI=1S/C17H17N3O3S/c21-17-18-15-7-6-14(10-16(15)19-17)24(22,23)20-9-8-13(11-20)12-4-2-1-3-5-12/h1-7,10,13H,8-9,11H2,(H2,18,19,21)/t13-/m1/s1. The van der Waals surface area contributed by atoms with Crippen LogP contribution in [0.2, 0.25) is 0 Å². The largest absolute Gasteiger partial charge is 0.323 e. The maximum Gasteiger partial charge on any atom is 0.323 e. The van der Waals surface area contributed by atoms with E-state index in [0.29, 0.717) is 24.1 Å². The summed E-state index contributed by atoms with van der Waals surface area (Å²) < 4.78 is 27.3. The Bertz CT molecular complexity index is 1040. The van der Waals surface area contributed by atoms with E-state index in [-0.39, 0.29) is 16.5 Å². The first kappa shape index (κ1) is 15.2. The summed E-state index contributed by atoms with van der Waals surface area (Å²) in [5, 5.41) is 0. The number of imidazole rings is 1. The van der Waals surface area contributed by atoms with Gasteiger partial charge in [0.2, 0.25) is 10.0 Å². The van der Waals surface area contributed by atoms with E-state index >= 15 is 0 Å². The summed E-state index contributed by atoms with van der Waals surface area (Å²) in [6.45, 7) is 0.984. The number of hydrogen-bond acceptors (Lipinski definition) is 3. The van der Waals surface area contributed by atoms with Crippen molar-refractivity contribution in [2.45, 2.75) is 17.2 Å². The molecule has 3 aromatic rings. The van der Waals surface area contributed by atoms with Crippen LogP contribution in [0, 0.1) is 0 Å². The summed E-state index contributed by atoms with van der Waals surface area (Å²) in [5.74, 6) is 0.219. The molecule has 0 unspecified atom stereocenters. The van der Waals surface area contributed by atoms with Gasteiger partial charge in [0.15, 0.2) is 0 Å². The number of nitrogens with one attached hydrogen (secondary N) is 2. The number of aromatic nitrogens is 2. The van der Waals surface area contributed by atoms with Gasteiger partial charge in [-0.3, -0.25) is 0 Å². The number of sulfonamides is 1. The minimum Gasteiger partial charge on any atom is -0.306 e. The van der Waals surface area contributed by atoms with Crippen molar-refractivity contribution in [3.05, 3.63) is 64.6 Å². The van der Waals surface area contributed by atoms with E-state index < -0.39 is 10.0 Å². The van der Waals surface area contributed by atoms with Gasteiger partial charge in [-0.2, -0.15) is 4.31 Å². The number of fused-ring (bicyclic) bond motifs is 1. The third kappa shape index (κ3) is 2.55. The van der Waals surface area contributed by atoms with E-state index in [1.54, 1.807) is 6.07 Å². The highest BCUT2D eigenvalue weighted by atomic mass is 32.2. The van der Waals surface area contributed by atoms with Crippen molar-refractivity contribution in [3.63, 3.8) is 0 Å². The van der Waals surface area contributed by atoms with Crippen LogP contribution in [-0.4, -0.2) is 35.8 Å². The van der Waals surface area contributed by atoms with Gasteiger partial charge in [-0.25, -0.2) is 13.2 Å². The summed E-state index contributed by atoms with van der Waals surface area (Å²) in [6.07, 6.45) is 0.812. The van der Waals surface area contributed by atoms with E-state index in [2.05, 4.69) is 9.97 Å². The van der Waals surface area contributed by atoms with E-state index in [1.807, 2.05) is 30.3 Å². The Morgan fingerprint density at radius 2 is 1.75 bits per heavy atom. The normalized spacial score (nSPS) is 19.1. The second-order valence-corrected chi connectivity index (χ2v) is 7.98. The van der Waals surface area contributed by atoms with Gasteiger partial charge in [0.1, 0.15) is 0 Å². The van der Waals surface area contributed by atoms with Crippen molar-refractivity contribution in [1.82, 2.24) is 14.3 Å². The van der Waals surface area contributed by atoms with Crippen LogP contribution < -0.4 is 5.69 Å². The number of aromatic amines is 2. The molecule has 24 heavy (non-hydrogen) atoms. The van der Waals surface area contributed by atoms with Crippen molar-refractivity contribution in [3.8, 4) is 0 Å². The van der Waals surface area contributed by atoms with Crippen molar-refractivity contribution < 1.29 is 8.42 Å². The number of benzene rings is 2. The Balaban J connectivity index is 1.63. The lowest BCUT2D eigenvalue weighted by atomic mass is 9.99. The molecule has 0 spiro atoms. The Labute approximate surface area is 139 Å². The van der Waals surface area contributed by atoms with Gasteiger partial charge in [0.25, 0.3) is 0 Å². The summed E-state index contributed by atoms with van der Waals surface area (Å²) in [5.41, 5.74) is 1.92. The van der Waals surface area contributed by atoms with Crippen molar-refractivity contribution >= 4 is 21.1 Å². The Morgan fingerprint density at radius 3 is 2.54 bits per heavy atom. The van der Waals surface area contributed by atoms with Crippen LogP contribution in [0.15, 0.2) is 58.2 Å². The molecule has 124 valence electrons. The highest BCUT2D eigenvalue weighted by Crippen LogP contribution is 2.31. The van der Waals surface area contributed by atoms with Gasteiger partial charge in [-0.15, -0.1) is 0 Å². The monoisotopic (exact) mass is 343 g/mol. The number of nitrogens with zero attached hydrogens (tertiary/aromatic N) is 1. The molecular weight excluding hydrogens is 326 g/mol. The first-order valence-corrected chi connectivity index (χ1v) is 9.25. The lowest BCUT2D eigenvalue weighted by Crippen LogP contribution is -2.28. The van der Waals surface area contributed by atoms with Crippen molar-refractivity contribution in [1.29, 1.82) is 0 Å². The molecule has 0 bridgehead atoms. The molecule has 0 aliphatic carbocycles. The number of rotatable bonds is 3. The molecule has 1 fully saturated rings. The fourth-order valence-electron chi connectivity index (χ4n) is 3.26. The Hall–Kier alpha value is -2.38. The Morgan fingerprint density at radius 1 is 1.00 bits per heavy atom. The first-order valence-electron chi connectivity index (χ1n) is 7.81. The topological polar surface area (TPSA) is 86.0 Å². The first-order chi connectivity index (χ1) is 11.5. The highest BCUT2D eigenvalue weighted by Gasteiger charge is 2.33. The smallest absolute Gasteiger partial charge is 0.306 e. The predicted molar refractivity (Wildman–Crippen MR) is 91.5 cm³/mol. The molecular formula is C17H17N3O3S. The summed E-state index contributed by atoms with van der Waals surface area (Å²) in [7, 11) is -3.56. The third-order valence-corrected chi connectivity index (χ3v) is 6.41. The van der Waals surface area contributed by atoms with Crippen LogP contribution in [-0.2, 0) is 10.0 Å². The molecule has 7 heteroatoms. The molecule has 4 rings (SSSR count). The fourth-order valence-corrected chi connectivity index (χ4v) is 4.79. The van der Waals surface area contributed by atoms with Crippen LogP contribution in [0.25, 0.3) is 11.0 Å². The minimum atomic E-state index is -3.56. The lowest BCUT2D eigenvalue weighted by Gasteiger charge is -2.17. The van der Waals surface area contributed by atoms with Crippen LogP contribution >= 0.6 is 0 Å². The van der Waals surface area contributed by atoms with Crippen LogP contribution in [0.3, 0.4) is 0 Å². The molecule has 1 aliphatic heterocycles. The van der Waals surface area contributed by atoms with Crippen LogP contribution in [0.1, 0.15) is 17.9 Å². The maximum absolute atomic E-state index is 12.9. The maximum atomic E-state index is 12.9. The summed E-state index contributed by atoms with van der Waals surface area (Å²) in [6, 6.07) is 14.7. The fraction of sp³-hybridized carbons (Fsp3) is 0.235. The third-order valence-electron chi connectivity index (χ3n) is 4.55. The summed E-state index contributed by atoms with van der Waals surface area (Å²) >= 11 is 0. The molecule has 0 saturated carbocycles. The molecule has 1 saturated heterocycles. The van der Waals surface area contributed by atoms with Gasteiger partial charge in [-0.1, -0.05) is 30.3 Å². The van der Waals surface area contributed by atoms with E-state index in [1.165, 1.54) is 22.0 Å². The average Bonchev–Trinajstić information content (AvgIpc) is 3.21. The molecule has 2 N–H and O–H groups in total. The quantitative estimate of drug-likeness (QED) is 0.763. The van der Waals surface area contributed by atoms with Gasteiger partial charge in [-0.05, 0) is 36.1 Å². The summed E-state index contributed by atoms with van der Waals surface area (Å²) in [4.78, 5) is 16.8. The zero-order valence-electron chi connectivity index (χ0n) is 12.9. The minimum absolute atomic E-state index is 0.207. The Kier molecular flexibility index (Phi) is 3.54. The van der Waals surface area contributed by atoms with Crippen LogP contribution in [0.5, 0.6) is 0 Å². The van der Waals surface area contributed by atoms with Gasteiger partial charge in [0.05, 0.1) is 15.9 Å². The van der Waals surface area contributed by atoms with E-state index in [0.717, 1.165) is 6.42 Å². The molecule has 0 radical (unpaired) electrons. The predicted octanol–water partition coefficient (Wildman–Crippen LogP) is 2.03. The zero-order chi connectivity index (χ0) is 16.7. The highest BCUT2D eigenvalue weighted by molar-refractivity contribution is 7.89. The van der Waals surface area contributed by atoms with E-state index in [4.69, 9.17) is 0 Å². The van der Waals surface area contributed by atoms with Gasteiger partial charge >= 0.3 is 5.69 Å². The molecule has 2 heterocycles. The molecule has 1 aromatic heterocycles. The van der Waals surface area contributed by atoms with Crippen molar-refractivity contribution in [2.75, 3.05) is 13.1 Å². The SMILES string of the molecule is O=c1[nH]c2ccc(S(=O)(=O)N3CC[C@@H](c4ccccc4)C3)cc2[nH]1. The van der Waals surface area contributed by atoms with E-state index in [9.17, 15) is 13.2 Å². The molecule has 6 nitrogen and oxygen atoms in total. The van der Waals surface area contributed by atoms with Crippen molar-refractivity contribution in [2.24, 2.45) is 0 Å². The van der Waals surface area contributed by atoms with Gasteiger partial charge < -0.3 is 9.97 Å². The molecule has 0 amide bonds. The molecule has 1 atom stereocenters.